The molecular formula is C26H27F8N5O3S. The van der Waals surface area contributed by atoms with Gasteiger partial charge in [-0.1, -0.05) is 19.4 Å². The van der Waals surface area contributed by atoms with Crippen LogP contribution in [0.3, 0.4) is 0 Å². The van der Waals surface area contributed by atoms with Crippen molar-refractivity contribution in [2.24, 2.45) is 0 Å². The van der Waals surface area contributed by atoms with E-state index in [-0.39, 0.29) is 43.5 Å². The minimum Gasteiger partial charge on any atom is -0.388 e. The molecule has 0 spiro atoms. The van der Waals surface area contributed by atoms with Crippen LogP contribution in [-0.4, -0.2) is 57.0 Å². The number of aromatic nitrogens is 1. The lowest BCUT2D eigenvalue weighted by Gasteiger charge is -2.41. The van der Waals surface area contributed by atoms with Gasteiger partial charge in [-0.15, -0.1) is 0 Å². The summed E-state index contributed by atoms with van der Waals surface area (Å²) in [5.74, 6) is -6.10. The number of carbonyl (C=O) groups excluding carboxylic acids is 2. The number of aliphatic hydroxyl groups is 1. The smallest absolute Gasteiger partial charge is 0.310 e. The molecule has 1 saturated heterocycles. The van der Waals surface area contributed by atoms with Crippen molar-refractivity contribution >= 4 is 27.7 Å². The van der Waals surface area contributed by atoms with Crippen molar-refractivity contribution in [2.75, 3.05) is 11.4 Å². The Morgan fingerprint density at radius 3 is 2.28 bits per heavy atom. The Labute approximate surface area is 241 Å². The second-order valence-corrected chi connectivity index (χ2v) is 13.5. The van der Waals surface area contributed by atoms with Crippen LogP contribution in [0, 0.1) is 17.3 Å². The standard InChI is InChI=1S/C26H27F8N5O3S/c1-25(42)11-21(38(14-25)15-35)24(41)39(19-2-4-20(5-3-19)43(30,31,32,33)34)22(16-10-17(27)13-36-12-16)23(40)37-18-6-8-26(28,29)9-7-18/h2-5,10,12-13,18,21-22,42H,6-9,11,14H2,1H3,(H,37,40)/t21-,22?,25-/m1/s1. The fourth-order valence-electron chi connectivity index (χ4n) is 5.28. The van der Waals surface area contributed by atoms with Gasteiger partial charge in [0.15, 0.2) is 6.19 Å². The fraction of sp³-hybridized carbons (Fsp3) is 0.462. The Hall–Kier alpha value is -3.65. The Kier molecular flexibility index (Phi) is 7.67. The predicted octanol–water partition coefficient (Wildman–Crippen LogP) is 5.95. The van der Waals surface area contributed by atoms with Gasteiger partial charge in [0.1, 0.15) is 22.8 Å². The number of amides is 2. The minimum atomic E-state index is -10.2. The zero-order valence-electron chi connectivity index (χ0n) is 22.5. The highest BCUT2D eigenvalue weighted by molar-refractivity contribution is 8.45. The van der Waals surface area contributed by atoms with Crippen LogP contribution < -0.4 is 10.2 Å². The first-order chi connectivity index (χ1) is 19.6. The highest BCUT2D eigenvalue weighted by Crippen LogP contribution is 3.02. The monoisotopic (exact) mass is 641 g/mol. The second-order valence-electron chi connectivity index (χ2n) is 11.1. The van der Waals surface area contributed by atoms with Gasteiger partial charge in [-0.25, -0.2) is 13.2 Å². The molecule has 1 unspecified atom stereocenters. The number of rotatable bonds is 7. The molecule has 236 valence electrons. The molecule has 1 aromatic carbocycles. The Morgan fingerprint density at radius 1 is 1.14 bits per heavy atom. The first-order valence-electron chi connectivity index (χ1n) is 12.9. The van der Waals surface area contributed by atoms with Crippen molar-refractivity contribution in [1.29, 1.82) is 5.26 Å². The maximum atomic E-state index is 14.3. The zero-order chi connectivity index (χ0) is 32.1. The molecule has 0 radical (unpaired) electrons. The third-order valence-corrected chi connectivity index (χ3v) is 8.51. The van der Waals surface area contributed by atoms with Crippen molar-refractivity contribution in [3.8, 4) is 6.19 Å². The maximum Gasteiger partial charge on any atom is 0.310 e. The molecule has 0 bridgehead atoms. The molecule has 2 aromatic rings. The number of anilines is 1. The van der Waals surface area contributed by atoms with Crippen molar-refractivity contribution < 1.29 is 47.3 Å². The number of hydrogen-bond donors (Lipinski definition) is 2. The molecule has 17 heteroatoms. The van der Waals surface area contributed by atoms with E-state index in [2.05, 4.69) is 10.3 Å². The molecule has 1 saturated carbocycles. The summed E-state index contributed by atoms with van der Waals surface area (Å²) in [6.07, 6.45) is 1.67. The van der Waals surface area contributed by atoms with E-state index in [0.29, 0.717) is 17.0 Å². The summed E-state index contributed by atoms with van der Waals surface area (Å²) >= 11 is 0. The van der Waals surface area contributed by atoms with E-state index in [9.17, 15) is 52.6 Å². The van der Waals surface area contributed by atoms with Crippen molar-refractivity contribution in [2.45, 2.75) is 73.6 Å². The van der Waals surface area contributed by atoms with Crippen LogP contribution in [0.5, 0.6) is 0 Å². The van der Waals surface area contributed by atoms with Gasteiger partial charge in [0, 0.05) is 42.8 Å². The van der Waals surface area contributed by atoms with Crippen molar-refractivity contribution in [3.05, 3.63) is 54.1 Å². The van der Waals surface area contributed by atoms with E-state index in [1.165, 1.54) is 6.92 Å². The third kappa shape index (κ3) is 7.47. The van der Waals surface area contributed by atoms with Gasteiger partial charge in [0.25, 0.3) is 5.91 Å². The highest BCUT2D eigenvalue weighted by atomic mass is 32.5. The van der Waals surface area contributed by atoms with Crippen LogP contribution in [0.15, 0.2) is 47.6 Å². The normalized spacial score (nSPS) is 24.8. The maximum absolute atomic E-state index is 14.3. The van der Waals surface area contributed by atoms with Gasteiger partial charge >= 0.3 is 10.2 Å². The molecule has 4 rings (SSSR count). The van der Waals surface area contributed by atoms with Gasteiger partial charge in [0.05, 0.1) is 18.3 Å². The quantitative estimate of drug-likeness (QED) is 0.286. The largest absolute Gasteiger partial charge is 0.388 e. The molecule has 2 amide bonds. The van der Waals surface area contributed by atoms with Gasteiger partial charge in [-0.05, 0) is 50.1 Å². The molecular weight excluding hydrogens is 614 g/mol. The number of β-amino-alcohol motifs (C(OH)–C–C–N with tert-alkyl or cyclic N) is 1. The molecule has 1 aromatic heterocycles. The lowest BCUT2D eigenvalue weighted by Crippen LogP contribution is -2.52. The molecule has 2 N–H and O–H groups in total. The summed E-state index contributed by atoms with van der Waals surface area (Å²) in [7, 11) is -10.2. The molecule has 3 atom stereocenters. The van der Waals surface area contributed by atoms with Crippen LogP contribution in [0.4, 0.5) is 38.3 Å². The average Bonchev–Trinajstić information content (AvgIpc) is 3.21. The molecule has 8 nitrogen and oxygen atoms in total. The first kappa shape index (κ1) is 32.3. The number of nitrogens with one attached hydrogen (secondary N) is 1. The number of benzene rings is 1. The minimum absolute atomic E-state index is 0.0199. The van der Waals surface area contributed by atoms with Crippen LogP contribution in [0.2, 0.25) is 0 Å². The number of alkyl halides is 2. The number of carbonyl (C=O) groups is 2. The van der Waals surface area contributed by atoms with Gasteiger partial charge < -0.3 is 10.4 Å². The fourth-order valence-corrected chi connectivity index (χ4v) is 5.93. The number of halogens is 8. The molecule has 1 aliphatic heterocycles. The number of nitrogens with zero attached hydrogens (tertiary/aromatic N) is 4. The zero-order valence-corrected chi connectivity index (χ0v) is 23.3. The Bertz CT molecular complexity index is 1440. The van der Waals surface area contributed by atoms with Crippen LogP contribution >= 0.6 is 10.2 Å². The highest BCUT2D eigenvalue weighted by Gasteiger charge is 2.65. The summed E-state index contributed by atoms with van der Waals surface area (Å²) in [5.41, 5.74) is -2.39. The third-order valence-electron chi connectivity index (χ3n) is 7.34. The van der Waals surface area contributed by atoms with E-state index in [0.717, 1.165) is 23.4 Å². The summed E-state index contributed by atoms with van der Waals surface area (Å²) in [5, 5.41) is 22.7. The van der Waals surface area contributed by atoms with E-state index in [1.807, 2.05) is 0 Å². The lowest BCUT2D eigenvalue weighted by atomic mass is 9.91. The summed E-state index contributed by atoms with van der Waals surface area (Å²) in [4.78, 5) is 30.7. The number of hydrogen-bond acceptors (Lipinski definition) is 6. The van der Waals surface area contributed by atoms with E-state index in [4.69, 9.17) is 0 Å². The van der Waals surface area contributed by atoms with E-state index < -0.39 is 80.9 Å². The van der Waals surface area contributed by atoms with Crippen LogP contribution in [-0.2, 0) is 9.59 Å². The number of pyridine rings is 1. The topological polar surface area (TPSA) is 110 Å². The average molecular weight is 642 g/mol. The van der Waals surface area contributed by atoms with Gasteiger partial charge in [0.2, 0.25) is 11.8 Å². The van der Waals surface area contributed by atoms with E-state index >= 15 is 0 Å². The number of likely N-dealkylation sites (tertiary alicyclic amines) is 1. The van der Waals surface area contributed by atoms with Crippen molar-refractivity contribution in [3.63, 3.8) is 0 Å². The summed E-state index contributed by atoms with van der Waals surface area (Å²) in [6, 6.07) is -2.31. The Balaban J connectivity index is 1.84. The SMILES string of the molecule is C[C@@]1(O)C[C@H](C(=O)N(c2ccc(S(F)(F)(F)(F)F)cc2)C(C(=O)NC2CCC(F)(F)CC2)c2cncc(F)c2)N(C#N)C1. The molecule has 2 aliphatic rings. The van der Waals surface area contributed by atoms with Crippen molar-refractivity contribution in [1.82, 2.24) is 15.2 Å². The summed E-state index contributed by atoms with van der Waals surface area (Å²) < 4.78 is 109. The van der Waals surface area contributed by atoms with E-state index in [1.54, 1.807) is 6.19 Å². The van der Waals surface area contributed by atoms with Crippen LogP contribution in [0.1, 0.15) is 50.6 Å². The Morgan fingerprint density at radius 2 is 1.74 bits per heavy atom. The summed E-state index contributed by atoms with van der Waals surface area (Å²) in [6.45, 7) is 0.990. The van der Waals surface area contributed by atoms with Crippen LogP contribution in [0.25, 0.3) is 0 Å². The first-order valence-corrected chi connectivity index (χ1v) is 14.9. The van der Waals surface area contributed by atoms with Gasteiger partial charge in [-0.3, -0.25) is 24.4 Å². The predicted molar refractivity (Wildman–Crippen MR) is 139 cm³/mol. The molecule has 1 aliphatic carbocycles. The second kappa shape index (κ2) is 10.2. The van der Waals surface area contributed by atoms with Gasteiger partial charge in [-0.2, -0.15) is 5.26 Å². The molecule has 43 heavy (non-hydrogen) atoms. The lowest BCUT2D eigenvalue weighted by molar-refractivity contribution is -0.129. The molecule has 2 heterocycles. The number of nitriles is 1. The molecule has 2 fully saturated rings.